The van der Waals surface area contributed by atoms with Crippen molar-refractivity contribution < 1.29 is 5.11 Å². The Kier molecular flexibility index (Phi) is 3.86. The molecule has 0 saturated heterocycles. The second-order valence-electron chi connectivity index (χ2n) is 0.447. The number of aliphatic hydroxyl groups excluding tert-OH is 1. The van der Waals surface area contributed by atoms with E-state index in [9.17, 15) is 0 Å². The largest absolute Gasteiger partial charge is 0.363 e. The quantitative estimate of drug-likeness (QED) is 0.362. The standard InChI is InChI=1S/C3H6OS/c1-2-5-3-4/h2-5H,1H2. The lowest BCUT2D eigenvalue weighted by Gasteiger charge is -1.59. The molecule has 0 aliphatic carbocycles. The molecular weight excluding hydrogens is 84.1 g/mol. The van der Waals surface area contributed by atoms with Crippen LogP contribution in [0.2, 0.25) is 0 Å². The molecule has 0 rings (SSSR count). The first-order valence-electron chi connectivity index (χ1n) is 1.18. The molecule has 0 aromatic carbocycles. The molecule has 0 aromatic rings. The van der Waals surface area contributed by atoms with Gasteiger partial charge in [-0.05, 0) is 5.41 Å². The Hall–Kier alpha value is -0.0800. The summed E-state index contributed by atoms with van der Waals surface area (Å²) in [6.07, 6.45) is 0. The highest BCUT2D eigenvalue weighted by Gasteiger charge is 1.40. The number of rotatable bonds is 1. The van der Waals surface area contributed by atoms with Gasteiger partial charge in [-0.2, -0.15) is 11.4 Å². The normalized spacial score (nSPS) is 10.6. The molecule has 0 unspecified atom stereocenters. The third-order valence-electron chi connectivity index (χ3n) is 0.172. The Labute approximate surface area is 34.9 Å². The van der Waals surface area contributed by atoms with Crippen molar-refractivity contribution in [2.45, 2.75) is 0 Å². The summed E-state index contributed by atoms with van der Waals surface area (Å²) in [5.41, 5.74) is 1.03. The minimum Gasteiger partial charge on any atom is -0.363 e. The predicted octanol–water partition coefficient (Wildman–Crippen LogP) is 0.913. The van der Waals surface area contributed by atoms with Crippen molar-refractivity contribution in [3.05, 3.63) is 12.0 Å². The van der Waals surface area contributed by atoms with E-state index in [-0.39, 0.29) is 0 Å². The minimum absolute atomic E-state index is 0.775. The van der Waals surface area contributed by atoms with Crippen molar-refractivity contribution in [2.75, 3.05) is 0 Å². The second-order valence-corrected chi connectivity index (χ2v) is 1.34. The first-order valence-corrected chi connectivity index (χ1v) is 2.22. The van der Waals surface area contributed by atoms with Gasteiger partial charge in [0.15, 0.2) is 0 Å². The van der Waals surface area contributed by atoms with E-state index in [0.717, 1.165) is 16.9 Å². The van der Waals surface area contributed by atoms with Crippen molar-refractivity contribution in [2.24, 2.45) is 0 Å². The summed E-state index contributed by atoms with van der Waals surface area (Å²) >= 11 is 0.775. The van der Waals surface area contributed by atoms with Crippen LogP contribution >= 0.6 is 11.4 Å². The summed E-state index contributed by atoms with van der Waals surface area (Å²) in [5, 5.41) is 9.45. The lowest BCUT2D eigenvalue weighted by atomic mass is 11.3. The highest BCUT2D eigenvalue weighted by atomic mass is 32.1. The molecule has 0 aromatic heterocycles. The molecule has 0 aliphatic rings. The van der Waals surface area contributed by atoms with E-state index in [4.69, 9.17) is 5.11 Å². The third-order valence-corrected chi connectivity index (χ3v) is 0.516. The maximum absolute atomic E-state index is 7.86. The van der Waals surface area contributed by atoms with Gasteiger partial charge in [0.25, 0.3) is 0 Å². The van der Waals surface area contributed by atoms with E-state index >= 15 is 0 Å². The van der Waals surface area contributed by atoms with Crippen LogP contribution in [0.4, 0.5) is 0 Å². The molecule has 0 amide bonds. The monoisotopic (exact) mass is 90.0 g/mol. The van der Waals surface area contributed by atoms with Crippen LogP contribution in [0.25, 0.3) is 0 Å². The molecule has 0 fully saturated rings. The first kappa shape index (κ1) is 4.92. The number of hydrogen-bond donors (Lipinski definition) is 2. The van der Waals surface area contributed by atoms with Gasteiger partial charge < -0.3 is 5.11 Å². The Morgan fingerprint density at radius 1 is 1.80 bits per heavy atom. The molecule has 0 spiro atoms. The molecule has 0 heterocycles. The highest BCUT2D eigenvalue weighted by Crippen LogP contribution is 1.75. The Morgan fingerprint density at radius 3 is 2.40 bits per heavy atom. The van der Waals surface area contributed by atoms with E-state index < -0.39 is 0 Å². The van der Waals surface area contributed by atoms with Gasteiger partial charge in [-0.25, -0.2) is 0 Å². The molecule has 2 heteroatoms. The third kappa shape index (κ3) is 3.92. The predicted molar refractivity (Wildman–Crippen MR) is 27.9 cm³/mol. The molecule has 0 atom stereocenters. The Morgan fingerprint density at radius 2 is 2.40 bits per heavy atom. The number of thiol groups is 1. The highest BCUT2D eigenvalue weighted by molar-refractivity contribution is 8.00. The smallest absolute Gasteiger partial charge is 0.0598 e. The Balaban J connectivity index is 2.92. The average molecular weight is 90.1 g/mol. The number of aliphatic hydroxyl groups is 1. The van der Waals surface area contributed by atoms with E-state index in [2.05, 4.69) is 6.58 Å². The minimum atomic E-state index is 0.775. The van der Waals surface area contributed by atoms with Crippen LogP contribution in [0, 0.1) is 0 Å². The van der Waals surface area contributed by atoms with E-state index in [0.29, 0.717) is 0 Å². The maximum atomic E-state index is 7.86. The fraction of sp³-hybridized carbons (Fsp3) is 0. The molecule has 0 saturated carbocycles. The zero-order valence-electron chi connectivity index (χ0n) is 2.76. The summed E-state index contributed by atoms with van der Waals surface area (Å²) in [6.45, 7) is 3.35. The van der Waals surface area contributed by atoms with Gasteiger partial charge in [0.1, 0.15) is 0 Å². The van der Waals surface area contributed by atoms with Crippen LogP contribution in [0.3, 0.4) is 0 Å². The topological polar surface area (TPSA) is 20.2 Å². The molecule has 1 nitrogen and oxygen atoms in total. The van der Waals surface area contributed by atoms with E-state index in [1.165, 1.54) is 0 Å². The molecular formula is C3H6OS. The SMILES string of the molecule is C=C[SH]=CO. The van der Waals surface area contributed by atoms with Gasteiger partial charge in [-0.3, -0.25) is 0 Å². The zero-order valence-corrected chi connectivity index (χ0v) is 3.65. The van der Waals surface area contributed by atoms with Crippen molar-refractivity contribution >= 4 is 16.9 Å². The fourth-order valence-electron chi connectivity index (χ4n) is 0.0471. The van der Waals surface area contributed by atoms with Crippen molar-refractivity contribution in [3.63, 3.8) is 0 Å². The number of hydrogen-bond acceptors (Lipinski definition) is 0. The molecule has 0 bridgehead atoms. The fourth-order valence-corrected chi connectivity index (χ4v) is 0.141. The lowest BCUT2D eigenvalue weighted by molar-refractivity contribution is 0.593. The lowest BCUT2D eigenvalue weighted by Crippen LogP contribution is -1.48. The summed E-state index contributed by atoms with van der Waals surface area (Å²) < 4.78 is 0. The molecule has 30 valence electrons. The van der Waals surface area contributed by atoms with Crippen LogP contribution in [0.1, 0.15) is 0 Å². The van der Waals surface area contributed by atoms with Gasteiger partial charge >= 0.3 is 0 Å². The Bertz CT molecular complexity index is 48.9. The summed E-state index contributed by atoms with van der Waals surface area (Å²) in [6, 6.07) is 0. The summed E-state index contributed by atoms with van der Waals surface area (Å²) in [5.74, 6) is 0. The summed E-state index contributed by atoms with van der Waals surface area (Å²) in [7, 11) is 0. The van der Waals surface area contributed by atoms with Crippen molar-refractivity contribution in [1.29, 1.82) is 0 Å². The van der Waals surface area contributed by atoms with Crippen LogP contribution in [0.15, 0.2) is 12.0 Å². The van der Waals surface area contributed by atoms with Gasteiger partial charge in [0.2, 0.25) is 0 Å². The molecule has 5 heavy (non-hydrogen) atoms. The van der Waals surface area contributed by atoms with Crippen LogP contribution in [-0.4, -0.2) is 10.7 Å². The molecule has 0 aliphatic heterocycles. The second kappa shape index (κ2) is 3.92. The molecule has 0 radical (unpaired) electrons. The van der Waals surface area contributed by atoms with Gasteiger partial charge in [-0.15, -0.1) is 0 Å². The van der Waals surface area contributed by atoms with E-state index in [1.54, 1.807) is 5.41 Å². The van der Waals surface area contributed by atoms with Crippen LogP contribution in [0.5, 0.6) is 0 Å². The van der Waals surface area contributed by atoms with Gasteiger partial charge in [0.05, 0.1) is 5.55 Å². The van der Waals surface area contributed by atoms with E-state index in [1.807, 2.05) is 0 Å². The first-order chi connectivity index (χ1) is 2.41. The average Bonchev–Trinajstić information content (AvgIpc) is 1.41. The van der Waals surface area contributed by atoms with Crippen molar-refractivity contribution in [3.8, 4) is 0 Å². The zero-order chi connectivity index (χ0) is 4.12. The van der Waals surface area contributed by atoms with Crippen LogP contribution in [-0.2, 0) is 0 Å². The molecule has 1 N–H and O–H groups in total. The van der Waals surface area contributed by atoms with Gasteiger partial charge in [-0.1, -0.05) is 6.58 Å². The van der Waals surface area contributed by atoms with Crippen molar-refractivity contribution in [1.82, 2.24) is 0 Å². The summed E-state index contributed by atoms with van der Waals surface area (Å²) in [4.78, 5) is 0. The maximum Gasteiger partial charge on any atom is 0.0598 e. The van der Waals surface area contributed by atoms with Crippen LogP contribution < -0.4 is 0 Å². The van der Waals surface area contributed by atoms with Gasteiger partial charge in [0, 0.05) is 0 Å².